The fraction of sp³-hybridized carbons (Fsp3) is 0.636. The van der Waals surface area contributed by atoms with Crippen LogP contribution in [0.3, 0.4) is 0 Å². The summed E-state index contributed by atoms with van der Waals surface area (Å²) in [5.74, 6) is -0.399. The fourth-order valence-corrected chi connectivity index (χ4v) is 1.44. The number of carbonyl (C=O) groups is 1. The zero-order valence-electron chi connectivity index (χ0n) is 10.4. The molecule has 0 aliphatic rings. The molecule has 0 bridgehead atoms. The molecule has 5 heteroatoms. The van der Waals surface area contributed by atoms with Gasteiger partial charge in [-0.3, -0.25) is 9.36 Å². The molecule has 0 atom stereocenters. The maximum atomic E-state index is 11.6. The summed E-state index contributed by atoms with van der Waals surface area (Å²) in [5.41, 5.74) is 0.0188. The molecule has 16 heavy (non-hydrogen) atoms. The minimum Gasteiger partial charge on any atom is -0.459 e. The van der Waals surface area contributed by atoms with Crippen molar-refractivity contribution in [1.29, 1.82) is 0 Å². The van der Waals surface area contributed by atoms with E-state index in [1.165, 1.54) is 9.13 Å². The minimum absolute atomic E-state index is 0.0389. The summed E-state index contributed by atoms with van der Waals surface area (Å²) in [6.07, 6.45) is 1.69. The predicted octanol–water partition coefficient (Wildman–Crippen LogP) is 0.837. The molecule has 0 radical (unpaired) electrons. The van der Waals surface area contributed by atoms with Crippen LogP contribution in [0.5, 0.6) is 0 Å². The van der Waals surface area contributed by atoms with Gasteiger partial charge in [-0.2, -0.15) is 0 Å². The van der Waals surface area contributed by atoms with Gasteiger partial charge < -0.3 is 9.30 Å². The highest BCUT2D eigenvalue weighted by Crippen LogP contribution is 2.07. The molecule has 0 saturated heterocycles. The molecule has 5 nitrogen and oxygen atoms in total. The molecule has 90 valence electrons. The third-order valence-corrected chi connectivity index (χ3v) is 2.05. The van der Waals surface area contributed by atoms with Crippen molar-refractivity contribution in [3.05, 3.63) is 22.4 Å². The van der Waals surface area contributed by atoms with Gasteiger partial charge in [0.25, 0.3) is 0 Å². The topological polar surface area (TPSA) is 53.2 Å². The van der Waals surface area contributed by atoms with Crippen molar-refractivity contribution in [2.75, 3.05) is 0 Å². The van der Waals surface area contributed by atoms with Crippen LogP contribution in [0.25, 0.3) is 0 Å². The number of nitrogens with zero attached hydrogens (tertiary/aromatic N) is 2. The molecule has 0 spiro atoms. The SMILES string of the molecule is Cc1cn(C)c(=O)n1CC(=O)OC(C)(C)C. The Bertz CT molecular complexity index is 449. The number of aryl methyl sites for hydroxylation is 2. The lowest BCUT2D eigenvalue weighted by atomic mass is 10.2. The summed E-state index contributed by atoms with van der Waals surface area (Å²) in [5, 5.41) is 0. The summed E-state index contributed by atoms with van der Waals surface area (Å²) in [4.78, 5) is 23.2. The van der Waals surface area contributed by atoms with Crippen LogP contribution >= 0.6 is 0 Å². The number of hydrogen-bond acceptors (Lipinski definition) is 3. The zero-order valence-corrected chi connectivity index (χ0v) is 10.4. The molecule has 0 aromatic carbocycles. The Kier molecular flexibility index (Phi) is 3.26. The third kappa shape index (κ3) is 2.98. The second-order valence-corrected chi connectivity index (χ2v) is 4.84. The molecule has 0 N–H and O–H groups in total. The molecule has 1 aromatic rings. The van der Waals surface area contributed by atoms with Gasteiger partial charge in [-0.15, -0.1) is 0 Å². The van der Waals surface area contributed by atoms with Gasteiger partial charge in [0.2, 0.25) is 0 Å². The normalized spacial score (nSPS) is 11.6. The monoisotopic (exact) mass is 226 g/mol. The Balaban J connectivity index is 2.82. The number of esters is 1. The van der Waals surface area contributed by atoms with Gasteiger partial charge in [0.1, 0.15) is 12.1 Å². The first-order valence-electron chi connectivity index (χ1n) is 5.15. The third-order valence-electron chi connectivity index (χ3n) is 2.05. The Morgan fingerprint density at radius 1 is 1.44 bits per heavy atom. The fourth-order valence-electron chi connectivity index (χ4n) is 1.44. The first-order chi connectivity index (χ1) is 7.20. The molecule has 0 unspecified atom stereocenters. The molecule has 0 saturated carbocycles. The van der Waals surface area contributed by atoms with E-state index in [4.69, 9.17) is 4.74 Å². The van der Waals surface area contributed by atoms with Crippen LogP contribution in [0.1, 0.15) is 26.5 Å². The second kappa shape index (κ2) is 4.15. The number of carbonyl (C=O) groups excluding carboxylic acids is 1. The van der Waals surface area contributed by atoms with E-state index in [1.54, 1.807) is 40.9 Å². The first kappa shape index (κ1) is 12.5. The van der Waals surface area contributed by atoms with E-state index >= 15 is 0 Å². The number of imidazole rings is 1. The van der Waals surface area contributed by atoms with Gasteiger partial charge in [-0.05, 0) is 27.7 Å². The Morgan fingerprint density at radius 3 is 2.38 bits per heavy atom. The second-order valence-electron chi connectivity index (χ2n) is 4.84. The van der Waals surface area contributed by atoms with Gasteiger partial charge >= 0.3 is 11.7 Å². The van der Waals surface area contributed by atoms with Crippen molar-refractivity contribution in [2.45, 2.75) is 39.8 Å². The molecular weight excluding hydrogens is 208 g/mol. The van der Waals surface area contributed by atoms with Gasteiger partial charge in [0.15, 0.2) is 0 Å². The van der Waals surface area contributed by atoms with E-state index in [0.717, 1.165) is 5.69 Å². The van der Waals surface area contributed by atoms with Crippen LogP contribution in [0.4, 0.5) is 0 Å². The van der Waals surface area contributed by atoms with Crippen LogP contribution in [0, 0.1) is 6.92 Å². The lowest BCUT2D eigenvalue weighted by molar-refractivity contribution is -0.155. The lowest BCUT2D eigenvalue weighted by Crippen LogP contribution is -2.31. The van der Waals surface area contributed by atoms with E-state index < -0.39 is 11.6 Å². The molecule has 0 fully saturated rings. The van der Waals surface area contributed by atoms with Crippen LogP contribution in [-0.2, 0) is 23.1 Å². The minimum atomic E-state index is -0.524. The quantitative estimate of drug-likeness (QED) is 0.702. The Morgan fingerprint density at radius 2 is 2.00 bits per heavy atom. The Hall–Kier alpha value is -1.52. The summed E-state index contributed by atoms with van der Waals surface area (Å²) >= 11 is 0. The zero-order chi connectivity index (χ0) is 12.5. The van der Waals surface area contributed by atoms with E-state index in [9.17, 15) is 9.59 Å². The van der Waals surface area contributed by atoms with Crippen molar-refractivity contribution in [3.8, 4) is 0 Å². The highest BCUT2D eigenvalue weighted by molar-refractivity contribution is 5.69. The predicted molar refractivity (Wildman–Crippen MR) is 60.3 cm³/mol. The number of hydrogen-bond donors (Lipinski definition) is 0. The highest BCUT2D eigenvalue weighted by Gasteiger charge is 2.18. The summed E-state index contributed by atoms with van der Waals surface area (Å²) in [6.45, 7) is 7.14. The molecule has 0 aliphatic carbocycles. The highest BCUT2D eigenvalue weighted by atomic mass is 16.6. The van der Waals surface area contributed by atoms with Crippen LogP contribution in [0.15, 0.2) is 11.0 Å². The summed E-state index contributed by atoms with van der Waals surface area (Å²) in [7, 11) is 1.65. The maximum Gasteiger partial charge on any atom is 0.328 e. The molecular formula is C11H18N2O3. The molecule has 0 amide bonds. The van der Waals surface area contributed by atoms with E-state index in [0.29, 0.717) is 0 Å². The van der Waals surface area contributed by atoms with Crippen LogP contribution in [-0.4, -0.2) is 20.7 Å². The Labute approximate surface area is 94.6 Å². The maximum absolute atomic E-state index is 11.6. The van der Waals surface area contributed by atoms with E-state index in [-0.39, 0.29) is 12.2 Å². The molecule has 0 aliphatic heterocycles. The summed E-state index contributed by atoms with van der Waals surface area (Å²) in [6, 6.07) is 0. The van der Waals surface area contributed by atoms with Gasteiger partial charge in [0.05, 0.1) is 0 Å². The molecule has 1 rings (SSSR count). The number of aromatic nitrogens is 2. The van der Waals surface area contributed by atoms with Crippen molar-refractivity contribution >= 4 is 5.97 Å². The molecule has 1 aromatic heterocycles. The van der Waals surface area contributed by atoms with Crippen molar-refractivity contribution in [2.24, 2.45) is 7.05 Å². The largest absolute Gasteiger partial charge is 0.459 e. The first-order valence-corrected chi connectivity index (χ1v) is 5.15. The average molecular weight is 226 g/mol. The number of ether oxygens (including phenoxy) is 1. The van der Waals surface area contributed by atoms with Crippen molar-refractivity contribution in [3.63, 3.8) is 0 Å². The van der Waals surface area contributed by atoms with E-state index in [1.807, 2.05) is 0 Å². The van der Waals surface area contributed by atoms with Gasteiger partial charge in [-0.1, -0.05) is 0 Å². The van der Waals surface area contributed by atoms with Crippen molar-refractivity contribution < 1.29 is 9.53 Å². The smallest absolute Gasteiger partial charge is 0.328 e. The van der Waals surface area contributed by atoms with Crippen LogP contribution in [0.2, 0.25) is 0 Å². The average Bonchev–Trinajstić information content (AvgIpc) is 2.29. The van der Waals surface area contributed by atoms with Gasteiger partial charge in [0, 0.05) is 18.9 Å². The van der Waals surface area contributed by atoms with Gasteiger partial charge in [-0.25, -0.2) is 4.79 Å². The van der Waals surface area contributed by atoms with Crippen molar-refractivity contribution in [1.82, 2.24) is 9.13 Å². The lowest BCUT2D eigenvalue weighted by Gasteiger charge is -2.19. The number of rotatable bonds is 2. The van der Waals surface area contributed by atoms with E-state index in [2.05, 4.69) is 0 Å². The summed E-state index contributed by atoms with van der Waals surface area (Å²) < 4.78 is 7.99. The van der Waals surface area contributed by atoms with Crippen LogP contribution < -0.4 is 5.69 Å². The molecule has 1 heterocycles. The standard InChI is InChI=1S/C11H18N2O3/c1-8-6-12(5)10(15)13(8)7-9(14)16-11(2,3)4/h6H,7H2,1-5H3.